The van der Waals surface area contributed by atoms with E-state index >= 15 is 0 Å². The molecule has 2 aliphatic rings. The van der Waals surface area contributed by atoms with Crippen molar-refractivity contribution in [2.45, 2.75) is 31.7 Å². The van der Waals surface area contributed by atoms with Gasteiger partial charge in [0.05, 0.1) is 6.54 Å². The van der Waals surface area contributed by atoms with Gasteiger partial charge < -0.3 is 10.2 Å². The zero-order chi connectivity index (χ0) is 21.1. The van der Waals surface area contributed by atoms with E-state index in [1.807, 2.05) is 55.5 Å². The molecule has 2 N–H and O–H groups in total. The highest BCUT2D eigenvalue weighted by atomic mass is 16.2. The predicted molar refractivity (Wildman–Crippen MR) is 113 cm³/mol. The van der Waals surface area contributed by atoms with Crippen LogP contribution in [-0.2, 0) is 28.0 Å². The van der Waals surface area contributed by atoms with Crippen LogP contribution in [0.4, 0.5) is 4.79 Å². The van der Waals surface area contributed by atoms with Crippen LogP contribution in [0, 0.1) is 5.92 Å². The third-order valence-corrected chi connectivity index (χ3v) is 5.82. The molecule has 0 spiro atoms. The Morgan fingerprint density at radius 3 is 2.27 bits per heavy atom. The highest BCUT2D eigenvalue weighted by molar-refractivity contribution is 6.08. The molecule has 30 heavy (non-hydrogen) atoms. The van der Waals surface area contributed by atoms with Crippen LogP contribution in [0.15, 0.2) is 66.9 Å². The number of benzene rings is 2. The summed E-state index contributed by atoms with van der Waals surface area (Å²) in [6.07, 6.45) is 6.10. The number of nitrogens with one attached hydrogen (secondary N) is 2. The van der Waals surface area contributed by atoms with Crippen LogP contribution >= 0.6 is 0 Å². The minimum Gasteiger partial charge on any atom is -0.318 e. The molecule has 4 rings (SSSR count). The van der Waals surface area contributed by atoms with E-state index in [2.05, 4.69) is 22.8 Å². The standard InChI is InChI=1S/C24H25N3O3/c1-17-6-5-15-27(21(17)28)16-24(22(29)25-23(30)26-24)20-13-11-19(12-14-20)10-9-18-7-3-2-4-8-18/h2-5,7-8,11-15,17H,6,9-10,16H2,1H3,(H2,25,26,29,30). The fourth-order valence-corrected chi connectivity index (χ4v) is 4.02. The predicted octanol–water partition coefficient (Wildman–Crippen LogP) is 2.89. The molecule has 2 heterocycles. The van der Waals surface area contributed by atoms with Crippen LogP contribution in [0.2, 0.25) is 0 Å². The summed E-state index contributed by atoms with van der Waals surface area (Å²) in [5.41, 5.74) is 1.77. The van der Waals surface area contributed by atoms with Crippen LogP contribution in [0.3, 0.4) is 0 Å². The van der Waals surface area contributed by atoms with E-state index in [-0.39, 0.29) is 18.4 Å². The molecule has 2 aliphatic heterocycles. The molecule has 2 aromatic carbocycles. The Bertz CT molecular complexity index is 985. The van der Waals surface area contributed by atoms with Gasteiger partial charge in [-0.2, -0.15) is 0 Å². The molecule has 0 radical (unpaired) electrons. The number of carbonyl (C=O) groups is 3. The normalized spacial score (nSPS) is 23.4. The van der Waals surface area contributed by atoms with Gasteiger partial charge >= 0.3 is 6.03 Å². The molecule has 4 amide bonds. The summed E-state index contributed by atoms with van der Waals surface area (Å²) in [7, 11) is 0. The number of hydrogen-bond acceptors (Lipinski definition) is 3. The Kier molecular flexibility index (Phi) is 5.40. The third kappa shape index (κ3) is 3.85. The van der Waals surface area contributed by atoms with Crippen molar-refractivity contribution in [1.82, 2.24) is 15.5 Å². The molecule has 2 atom stereocenters. The van der Waals surface area contributed by atoms with E-state index in [1.54, 1.807) is 6.20 Å². The van der Waals surface area contributed by atoms with Crippen molar-refractivity contribution in [2.75, 3.05) is 6.54 Å². The molecule has 1 fully saturated rings. The molecule has 154 valence electrons. The highest BCUT2D eigenvalue weighted by Gasteiger charge is 2.49. The quantitative estimate of drug-likeness (QED) is 0.728. The van der Waals surface area contributed by atoms with Crippen LogP contribution in [0.1, 0.15) is 30.0 Å². The number of urea groups is 1. The lowest BCUT2D eigenvalue weighted by Gasteiger charge is -2.34. The largest absolute Gasteiger partial charge is 0.322 e. The van der Waals surface area contributed by atoms with Gasteiger partial charge in [-0.15, -0.1) is 0 Å². The number of carbonyl (C=O) groups excluding carboxylic acids is 3. The SMILES string of the molecule is CC1CC=CN(CC2(c3ccc(CCc4ccccc4)cc3)NC(=O)NC2=O)C1=O. The van der Waals surface area contributed by atoms with E-state index in [4.69, 9.17) is 0 Å². The summed E-state index contributed by atoms with van der Waals surface area (Å²) < 4.78 is 0. The maximum atomic E-state index is 12.8. The van der Waals surface area contributed by atoms with E-state index in [1.165, 1.54) is 10.5 Å². The third-order valence-electron chi connectivity index (χ3n) is 5.82. The molecule has 2 unspecified atom stereocenters. The lowest BCUT2D eigenvalue weighted by Crippen LogP contribution is -2.53. The highest BCUT2D eigenvalue weighted by Crippen LogP contribution is 2.29. The first-order chi connectivity index (χ1) is 14.5. The van der Waals surface area contributed by atoms with E-state index in [0.717, 1.165) is 18.4 Å². The summed E-state index contributed by atoms with van der Waals surface area (Å²) in [5, 5.41) is 5.10. The van der Waals surface area contributed by atoms with Gasteiger partial charge in [-0.05, 0) is 36.0 Å². The maximum Gasteiger partial charge on any atom is 0.322 e. The van der Waals surface area contributed by atoms with E-state index < -0.39 is 17.5 Å². The number of allylic oxidation sites excluding steroid dienone is 1. The summed E-state index contributed by atoms with van der Waals surface area (Å²) in [6, 6.07) is 17.4. The van der Waals surface area contributed by atoms with Crippen molar-refractivity contribution in [3.05, 3.63) is 83.6 Å². The summed E-state index contributed by atoms with van der Waals surface area (Å²) in [5.74, 6) is -0.637. The molecule has 0 aromatic heterocycles. The summed E-state index contributed by atoms with van der Waals surface area (Å²) in [4.78, 5) is 38.9. The molecule has 0 saturated carbocycles. The van der Waals surface area contributed by atoms with Crippen molar-refractivity contribution in [3.63, 3.8) is 0 Å². The van der Waals surface area contributed by atoms with Crippen LogP contribution in [0.5, 0.6) is 0 Å². The van der Waals surface area contributed by atoms with Gasteiger partial charge in [-0.1, -0.05) is 67.6 Å². The second-order valence-electron chi connectivity index (χ2n) is 7.98. The van der Waals surface area contributed by atoms with Crippen molar-refractivity contribution < 1.29 is 14.4 Å². The Hall–Kier alpha value is -3.41. The zero-order valence-corrected chi connectivity index (χ0v) is 16.9. The number of imide groups is 1. The van der Waals surface area contributed by atoms with E-state index in [9.17, 15) is 14.4 Å². The molecule has 0 aliphatic carbocycles. The molecule has 0 bridgehead atoms. The van der Waals surface area contributed by atoms with Crippen molar-refractivity contribution in [1.29, 1.82) is 0 Å². The number of aryl methyl sites for hydroxylation is 2. The first-order valence-electron chi connectivity index (χ1n) is 10.2. The first kappa shape index (κ1) is 19.9. The number of rotatable bonds is 6. The maximum absolute atomic E-state index is 12.8. The molecular formula is C24H25N3O3. The number of hydrogen-bond donors (Lipinski definition) is 2. The van der Waals surface area contributed by atoms with Crippen molar-refractivity contribution in [2.24, 2.45) is 5.92 Å². The van der Waals surface area contributed by atoms with Crippen molar-refractivity contribution in [3.8, 4) is 0 Å². The van der Waals surface area contributed by atoms with Gasteiger partial charge in [0.2, 0.25) is 5.91 Å². The van der Waals surface area contributed by atoms with Gasteiger partial charge in [0.1, 0.15) is 0 Å². The number of amides is 4. The fourth-order valence-electron chi connectivity index (χ4n) is 4.02. The fraction of sp³-hybridized carbons (Fsp3) is 0.292. The number of nitrogens with zero attached hydrogens (tertiary/aromatic N) is 1. The van der Waals surface area contributed by atoms with Gasteiger partial charge in [-0.25, -0.2) is 4.79 Å². The van der Waals surface area contributed by atoms with Crippen LogP contribution in [-0.4, -0.2) is 29.3 Å². The zero-order valence-electron chi connectivity index (χ0n) is 16.9. The summed E-state index contributed by atoms with van der Waals surface area (Å²) in [6.45, 7) is 1.92. The average Bonchev–Trinajstić information content (AvgIpc) is 3.05. The lowest BCUT2D eigenvalue weighted by molar-refractivity contribution is -0.135. The van der Waals surface area contributed by atoms with Crippen LogP contribution in [0.25, 0.3) is 0 Å². The van der Waals surface area contributed by atoms with Gasteiger partial charge in [-0.3, -0.25) is 14.9 Å². The smallest absolute Gasteiger partial charge is 0.318 e. The Morgan fingerprint density at radius 2 is 1.63 bits per heavy atom. The van der Waals surface area contributed by atoms with Gasteiger partial charge in [0.15, 0.2) is 5.54 Å². The molecule has 6 heteroatoms. The molecule has 1 saturated heterocycles. The average molecular weight is 403 g/mol. The van der Waals surface area contributed by atoms with E-state index in [0.29, 0.717) is 12.0 Å². The first-order valence-corrected chi connectivity index (χ1v) is 10.2. The Labute approximate surface area is 176 Å². The second-order valence-corrected chi connectivity index (χ2v) is 7.98. The van der Waals surface area contributed by atoms with Crippen LogP contribution < -0.4 is 10.6 Å². The molecular weight excluding hydrogens is 378 g/mol. The molecule has 2 aromatic rings. The Balaban J connectivity index is 1.56. The Morgan fingerprint density at radius 1 is 0.967 bits per heavy atom. The lowest BCUT2D eigenvalue weighted by atomic mass is 9.87. The minimum absolute atomic E-state index is 0.0506. The monoisotopic (exact) mass is 403 g/mol. The minimum atomic E-state index is -1.30. The van der Waals surface area contributed by atoms with Gasteiger partial charge in [0.25, 0.3) is 5.91 Å². The van der Waals surface area contributed by atoms with Crippen molar-refractivity contribution >= 4 is 17.8 Å². The summed E-state index contributed by atoms with van der Waals surface area (Å²) >= 11 is 0. The van der Waals surface area contributed by atoms with Gasteiger partial charge in [0, 0.05) is 12.1 Å². The molecule has 6 nitrogen and oxygen atoms in total. The second kappa shape index (κ2) is 8.14. The topological polar surface area (TPSA) is 78.5 Å².